The highest BCUT2D eigenvalue weighted by atomic mass is 19.3. The highest BCUT2D eigenvalue weighted by molar-refractivity contribution is 6.00. The molecule has 0 aliphatic heterocycles. The number of rotatable bonds is 6. The number of carbonyl (C=O) groups excluding carboxylic acids is 1. The van der Waals surface area contributed by atoms with Gasteiger partial charge in [-0.25, -0.2) is 18.3 Å². The Kier molecular flexibility index (Phi) is 5.60. The van der Waals surface area contributed by atoms with Crippen LogP contribution in [0.3, 0.4) is 0 Å². The van der Waals surface area contributed by atoms with Crippen molar-refractivity contribution in [2.45, 2.75) is 26.3 Å². The van der Waals surface area contributed by atoms with Gasteiger partial charge in [-0.15, -0.1) is 0 Å². The summed E-state index contributed by atoms with van der Waals surface area (Å²) in [5.74, 6) is 0.0106. The lowest BCUT2D eigenvalue weighted by Gasteiger charge is -2.14. The molecule has 0 saturated heterocycles. The van der Waals surface area contributed by atoms with Gasteiger partial charge in [0.2, 0.25) is 0 Å². The summed E-state index contributed by atoms with van der Waals surface area (Å²) in [7, 11) is 3.30. The monoisotopic (exact) mass is 440 g/mol. The van der Waals surface area contributed by atoms with E-state index < -0.39 is 12.3 Å². The molecule has 3 aromatic heterocycles. The predicted octanol–water partition coefficient (Wildman–Crippen LogP) is 3.88. The Hall–Kier alpha value is -3.82. The maximum Gasteiger partial charge on any atom is 0.280 e. The second-order valence-corrected chi connectivity index (χ2v) is 7.36. The van der Waals surface area contributed by atoms with Crippen LogP contribution in [0.1, 0.15) is 46.7 Å². The first-order valence-corrected chi connectivity index (χ1v) is 9.91. The molecule has 10 heteroatoms. The quantitative estimate of drug-likeness (QED) is 0.492. The minimum Gasteiger partial charge on any atom is -0.496 e. The van der Waals surface area contributed by atoms with E-state index in [9.17, 15) is 13.6 Å². The van der Waals surface area contributed by atoms with Gasteiger partial charge in [0.1, 0.15) is 17.0 Å². The van der Waals surface area contributed by atoms with E-state index in [4.69, 9.17) is 4.74 Å². The normalized spacial score (nSPS) is 12.3. The van der Waals surface area contributed by atoms with Crippen molar-refractivity contribution >= 4 is 11.6 Å². The fourth-order valence-corrected chi connectivity index (χ4v) is 3.59. The zero-order valence-electron chi connectivity index (χ0n) is 18.0. The molecule has 0 bridgehead atoms. The molecular formula is C22H22F2N6O2. The number of alkyl halides is 2. The van der Waals surface area contributed by atoms with Gasteiger partial charge >= 0.3 is 0 Å². The number of carbonyl (C=O) groups is 1. The predicted molar refractivity (Wildman–Crippen MR) is 114 cm³/mol. The van der Waals surface area contributed by atoms with Crippen molar-refractivity contribution in [1.82, 2.24) is 29.7 Å². The molecule has 0 fully saturated rings. The summed E-state index contributed by atoms with van der Waals surface area (Å²) in [4.78, 5) is 17.5. The van der Waals surface area contributed by atoms with E-state index in [-0.39, 0.29) is 28.6 Å². The van der Waals surface area contributed by atoms with Crippen molar-refractivity contribution in [3.8, 4) is 17.0 Å². The molecule has 4 aromatic rings. The van der Waals surface area contributed by atoms with Gasteiger partial charge in [-0.1, -0.05) is 12.1 Å². The summed E-state index contributed by atoms with van der Waals surface area (Å²) in [6.45, 7) is 3.72. The molecule has 166 valence electrons. The van der Waals surface area contributed by atoms with Crippen LogP contribution in [0.4, 0.5) is 8.78 Å². The Morgan fingerprint density at radius 2 is 1.94 bits per heavy atom. The number of halogens is 2. The zero-order chi connectivity index (χ0) is 23.0. The van der Waals surface area contributed by atoms with Gasteiger partial charge in [0.05, 0.1) is 31.2 Å². The standard InChI is InChI=1S/C22H22F2N6O2/c1-12(15-10-25-29(3)13(15)2)27-22(31)16-11-26-30-18(20(23)24)9-17(28-21(16)30)14-7-5-6-8-19(14)32-4/h5-12,20H,1-4H3,(H,27,31). The zero-order valence-corrected chi connectivity index (χ0v) is 18.0. The average Bonchev–Trinajstić information content (AvgIpc) is 3.36. The molecule has 1 atom stereocenters. The van der Waals surface area contributed by atoms with Crippen molar-refractivity contribution in [3.05, 3.63) is 65.2 Å². The number of nitrogens with one attached hydrogen (secondary N) is 1. The van der Waals surface area contributed by atoms with Crippen molar-refractivity contribution in [2.24, 2.45) is 7.05 Å². The average molecular weight is 440 g/mol. The first-order chi connectivity index (χ1) is 15.3. The van der Waals surface area contributed by atoms with Crippen molar-refractivity contribution in [3.63, 3.8) is 0 Å². The van der Waals surface area contributed by atoms with Gasteiger partial charge in [0, 0.05) is 23.9 Å². The number of ether oxygens (including phenoxy) is 1. The highest BCUT2D eigenvalue weighted by Crippen LogP contribution is 2.32. The summed E-state index contributed by atoms with van der Waals surface area (Å²) >= 11 is 0. The summed E-state index contributed by atoms with van der Waals surface area (Å²) in [5.41, 5.74) is 2.32. The van der Waals surface area contributed by atoms with Gasteiger partial charge in [0.25, 0.3) is 12.3 Å². The molecule has 4 rings (SSSR count). The van der Waals surface area contributed by atoms with Crippen LogP contribution in [0.2, 0.25) is 0 Å². The molecule has 0 saturated carbocycles. The topological polar surface area (TPSA) is 86.3 Å². The minimum atomic E-state index is -2.82. The number of benzene rings is 1. The fourth-order valence-electron chi connectivity index (χ4n) is 3.59. The van der Waals surface area contributed by atoms with Gasteiger partial charge in [-0.2, -0.15) is 10.2 Å². The molecule has 0 spiro atoms. The number of aryl methyl sites for hydroxylation is 1. The van der Waals surface area contributed by atoms with Crippen LogP contribution in [0.15, 0.2) is 42.7 Å². The molecule has 3 heterocycles. The molecule has 8 nitrogen and oxygen atoms in total. The van der Waals surface area contributed by atoms with E-state index >= 15 is 0 Å². The molecule has 0 aliphatic rings. The van der Waals surface area contributed by atoms with Crippen molar-refractivity contribution < 1.29 is 18.3 Å². The summed E-state index contributed by atoms with van der Waals surface area (Å²) in [6, 6.07) is 7.87. The number of para-hydroxylation sites is 1. The second kappa shape index (κ2) is 8.37. The van der Waals surface area contributed by atoms with Crippen LogP contribution in [0, 0.1) is 6.92 Å². The van der Waals surface area contributed by atoms with Crippen molar-refractivity contribution in [1.29, 1.82) is 0 Å². The Balaban J connectivity index is 1.78. The SMILES string of the molecule is COc1ccccc1-c1cc(C(F)F)n2ncc(C(=O)NC(C)c3cnn(C)c3C)c2n1. The van der Waals surface area contributed by atoms with Gasteiger partial charge in [0.15, 0.2) is 5.65 Å². The first kappa shape index (κ1) is 21.4. The maximum absolute atomic E-state index is 13.8. The molecule has 0 aliphatic carbocycles. The molecule has 1 amide bonds. The van der Waals surface area contributed by atoms with Gasteiger partial charge in [-0.05, 0) is 32.0 Å². The third kappa shape index (κ3) is 3.68. The number of fused-ring (bicyclic) bond motifs is 1. The Morgan fingerprint density at radius 1 is 1.19 bits per heavy atom. The Labute approximate surface area is 182 Å². The highest BCUT2D eigenvalue weighted by Gasteiger charge is 2.24. The number of hydrogen-bond donors (Lipinski definition) is 1. The number of amides is 1. The second-order valence-electron chi connectivity index (χ2n) is 7.36. The maximum atomic E-state index is 13.8. The molecule has 1 aromatic carbocycles. The van der Waals surface area contributed by atoms with Crippen LogP contribution in [-0.2, 0) is 7.05 Å². The van der Waals surface area contributed by atoms with Crippen LogP contribution < -0.4 is 10.1 Å². The van der Waals surface area contributed by atoms with E-state index in [2.05, 4.69) is 20.5 Å². The summed E-state index contributed by atoms with van der Waals surface area (Å²) < 4.78 is 35.7. The number of methoxy groups -OCH3 is 1. The van der Waals surface area contributed by atoms with Crippen LogP contribution >= 0.6 is 0 Å². The molecule has 0 radical (unpaired) electrons. The van der Waals surface area contributed by atoms with Gasteiger partial charge in [-0.3, -0.25) is 9.48 Å². The first-order valence-electron chi connectivity index (χ1n) is 9.91. The lowest BCUT2D eigenvalue weighted by Crippen LogP contribution is -2.27. The molecular weight excluding hydrogens is 418 g/mol. The van der Waals surface area contributed by atoms with Crippen LogP contribution in [0.25, 0.3) is 16.9 Å². The molecule has 1 N–H and O–H groups in total. The number of hydrogen-bond acceptors (Lipinski definition) is 5. The van der Waals surface area contributed by atoms with E-state index in [1.54, 1.807) is 35.1 Å². The molecule has 1 unspecified atom stereocenters. The van der Waals surface area contributed by atoms with E-state index in [0.29, 0.717) is 11.3 Å². The number of nitrogens with zero attached hydrogens (tertiary/aromatic N) is 5. The van der Waals surface area contributed by atoms with E-state index in [0.717, 1.165) is 15.8 Å². The lowest BCUT2D eigenvalue weighted by atomic mass is 10.1. The number of aromatic nitrogens is 5. The third-order valence-electron chi connectivity index (χ3n) is 5.44. The largest absolute Gasteiger partial charge is 0.496 e. The van der Waals surface area contributed by atoms with E-state index in [1.807, 2.05) is 20.9 Å². The Bertz CT molecular complexity index is 1300. The third-order valence-corrected chi connectivity index (χ3v) is 5.44. The molecule has 32 heavy (non-hydrogen) atoms. The smallest absolute Gasteiger partial charge is 0.280 e. The van der Waals surface area contributed by atoms with Crippen molar-refractivity contribution in [2.75, 3.05) is 7.11 Å². The van der Waals surface area contributed by atoms with Crippen LogP contribution in [0.5, 0.6) is 5.75 Å². The summed E-state index contributed by atoms with van der Waals surface area (Å²) in [5, 5.41) is 11.1. The van der Waals surface area contributed by atoms with Crippen LogP contribution in [-0.4, -0.2) is 37.4 Å². The fraction of sp³-hybridized carbons (Fsp3) is 0.273. The van der Waals surface area contributed by atoms with E-state index in [1.165, 1.54) is 19.4 Å². The minimum absolute atomic E-state index is 0.0383. The summed E-state index contributed by atoms with van der Waals surface area (Å²) in [6.07, 6.45) is 0.114. The lowest BCUT2D eigenvalue weighted by molar-refractivity contribution is 0.0941. The Morgan fingerprint density at radius 3 is 2.59 bits per heavy atom. The van der Waals surface area contributed by atoms with Gasteiger partial charge < -0.3 is 10.1 Å².